The lowest BCUT2D eigenvalue weighted by Crippen LogP contribution is -2.50. The molecular formula is C17H21N3O2. The van der Waals surface area contributed by atoms with Crippen molar-refractivity contribution in [2.75, 3.05) is 26.2 Å². The fraction of sp³-hybridized carbons (Fsp3) is 0.471. The topological polar surface area (TPSA) is 41.7 Å². The van der Waals surface area contributed by atoms with Crippen LogP contribution in [0, 0.1) is 0 Å². The molecule has 0 unspecified atom stereocenters. The van der Waals surface area contributed by atoms with E-state index in [1.165, 1.54) is 5.56 Å². The molecule has 2 fully saturated rings. The number of aromatic nitrogens is 1. The lowest BCUT2D eigenvalue weighted by atomic mass is 10.1. The first kappa shape index (κ1) is 13.9. The third-order valence-electron chi connectivity index (χ3n) is 4.60. The van der Waals surface area contributed by atoms with Crippen molar-refractivity contribution in [1.29, 1.82) is 0 Å². The van der Waals surface area contributed by atoms with E-state index in [0.29, 0.717) is 12.1 Å². The molecule has 5 heteroatoms. The first-order chi connectivity index (χ1) is 10.9. The molecule has 0 radical (unpaired) electrons. The quantitative estimate of drug-likeness (QED) is 0.860. The van der Waals surface area contributed by atoms with E-state index in [-0.39, 0.29) is 0 Å². The number of ether oxygens (including phenoxy) is 1. The summed E-state index contributed by atoms with van der Waals surface area (Å²) in [5.41, 5.74) is 2.37. The molecule has 0 aliphatic carbocycles. The van der Waals surface area contributed by atoms with E-state index in [1.807, 2.05) is 6.07 Å². The largest absolute Gasteiger partial charge is 0.374 e. The van der Waals surface area contributed by atoms with Crippen LogP contribution < -0.4 is 0 Å². The first-order valence-electron chi connectivity index (χ1n) is 7.90. The molecule has 2 aliphatic rings. The molecule has 2 aromatic rings. The summed E-state index contributed by atoms with van der Waals surface area (Å²) in [6.45, 7) is 5.68. The average Bonchev–Trinajstić information content (AvgIpc) is 3.18. The molecule has 3 heterocycles. The number of likely N-dealkylation sites (tertiary alicyclic amines) is 1. The summed E-state index contributed by atoms with van der Waals surface area (Å²) < 4.78 is 10.9. The van der Waals surface area contributed by atoms with E-state index in [4.69, 9.17) is 9.26 Å². The van der Waals surface area contributed by atoms with Gasteiger partial charge in [-0.05, 0) is 5.56 Å². The lowest BCUT2D eigenvalue weighted by molar-refractivity contribution is -0.0504. The number of benzene rings is 1. The summed E-state index contributed by atoms with van der Waals surface area (Å²) in [5.74, 6) is 0. The number of rotatable bonds is 4. The van der Waals surface area contributed by atoms with E-state index in [2.05, 4.69) is 45.3 Å². The van der Waals surface area contributed by atoms with Crippen LogP contribution in [0.1, 0.15) is 11.3 Å². The summed E-state index contributed by atoms with van der Waals surface area (Å²) in [4.78, 5) is 4.97. The summed E-state index contributed by atoms with van der Waals surface area (Å²) >= 11 is 0. The van der Waals surface area contributed by atoms with Crippen LogP contribution >= 0.6 is 0 Å². The van der Waals surface area contributed by atoms with Crippen LogP contribution in [0.15, 0.2) is 47.2 Å². The SMILES string of the molecule is c1ccc(CN2CCO[C@H]3CN(Cc4ccon4)C[C@H]32)cc1. The van der Waals surface area contributed by atoms with E-state index in [0.717, 1.165) is 45.0 Å². The Kier molecular flexibility index (Phi) is 3.93. The van der Waals surface area contributed by atoms with E-state index >= 15 is 0 Å². The van der Waals surface area contributed by atoms with Gasteiger partial charge in [-0.2, -0.15) is 0 Å². The van der Waals surface area contributed by atoms with Gasteiger partial charge in [-0.1, -0.05) is 35.5 Å². The van der Waals surface area contributed by atoms with Crippen molar-refractivity contribution in [3.05, 3.63) is 53.9 Å². The van der Waals surface area contributed by atoms with Crippen LogP contribution in [0.5, 0.6) is 0 Å². The number of hydrogen-bond acceptors (Lipinski definition) is 5. The second-order valence-electron chi connectivity index (χ2n) is 6.12. The average molecular weight is 299 g/mol. The minimum absolute atomic E-state index is 0.310. The zero-order valence-corrected chi connectivity index (χ0v) is 12.6. The van der Waals surface area contributed by atoms with Gasteiger partial charge in [0, 0.05) is 38.8 Å². The third-order valence-corrected chi connectivity index (χ3v) is 4.60. The predicted octanol–water partition coefficient (Wildman–Crippen LogP) is 1.76. The molecule has 0 bridgehead atoms. The van der Waals surface area contributed by atoms with Crippen molar-refractivity contribution in [1.82, 2.24) is 15.0 Å². The Balaban J connectivity index is 1.42. The van der Waals surface area contributed by atoms with Crippen LogP contribution in [0.2, 0.25) is 0 Å². The minimum atomic E-state index is 0.310. The fourth-order valence-electron chi connectivity index (χ4n) is 3.53. The Hall–Kier alpha value is -1.69. The van der Waals surface area contributed by atoms with Crippen molar-refractivity contribution in [3.8, 4) is 0 Å². The van der Waals surface area contributed by atoms with E-state index in [9.17, 15) is 0 Å². The Morgan fingerprint density at radius 2 is 2.00 bits per heavy atom. The lowest BCUT2D eigenvalue weighted by Gasteiger charge is -2.37. The normalized spacial score (nSPS) is 26.2. The first-order valence-corrected chi connectivity index (χ1v) is 7.90. The van der Waals surface area contributed by atoms with Gasteiger partial charge >= 0.3 is 0 Å². The molecule has 1 aromatic heterocycles. The molecule has 2 aliphatic heterocycles. The maximum absolute atomic E-state index is 5.99. The molecule has 5 nitrogen and oxygen atoms in total. The standard InChI is InChI=1S/C17H21N3O2/c1-2-4-14(5-3-1)10-20-7-9-21-17-13-19(12-16(17)20)11-15-6-8-22-18-15/h1-6,8,16-17H,7,9-13H2/t16-,17+/m1/s1. The van der Waals surface area contributed by atoms with Gasteiger partial charge in [0.2, 0.25) is 0 Å². The summed E-state index contributed by atoms with van der Waals surface area (Å²) in [7, 11) is 0. The predicted molar refractivity (Wildman–Crippen MR) is 82.2 cm³/mol. The number of nitrogens with zero attached hydrogens (tertiary/aromatic N) is 3. The van der Waals surface area contributed by atoms with Gasteiger partial charge in [0.1, 0.15) is 6.26 Å². The van der Waals surface area contributed by atoms with Crippen molar-refractivity contribution in [3.63, 3.8) is 0 Å². The zero-order valence-electron chi connectivity index (χ0n) is 12.6. The Labute approximate surface area is 130 Å². The summed E-state index contributed by atoms with van der Waals surface area (Å²) in [6.07, 6.45) is 1.95. The Morgan fingerprint density at radius 1 is 1.09 bits per heavy atom. The highest BCUT2D eigenvalue weighted by atomic mass is 16.5. The van der Waals surface area contributed by atoms with Crippen LogP contribution in [-0.2, 0) is 17.8 Å². The van der Waals surface area contributed by atoms with Gasteiger partial charge < -0.3 is 9.26 Å². The van der Waals surface area contributed by atoms with Gasteiger partial charge in [0.25, 0.3) is 0 Å². The molecule has 2 saturated heterocycles. The molecule has 0 amide bonds. The van der Waals surface area contributed by atoms with Crippen molar-refractivity contribution < 1.29 is 9.26 Å². The number of fused-ring (bicyclic) bond motifs is 1. The third kappa shape index (κ3) is 2.92. The van der Waals surface area contributed by atoms with Crippen LogP contribution in [0.3, 0.4) is 0 Å². The molecule has 4 rings (SSSR count). The monoisotopic (exact) mass is 299 g/mol. The molecule has 22 heavy (non-hydrogen) atoms. The molecule has 116 valence electrons. The highest BCUT2D eigenvalue weighted by Crippen LogP contribution is 2.25. The second kappa shape index (κ2) is 6.20. The van der Waals surface area contributed by atoms with Crippen molar-refractivity contribution in [2.45, 2.75) is 25.2 Å². The van der Waals surface area contributed by atoms with Gasteiger partial charge in [0.05, 0.1) is 24.4 Å². The van der Waals surface area contributed by atoms with Crippen molar-refractivity contribution >= 4 is 0 Å². The smallest absolute Gasteiger partial charge is 0.124 e. The molecule has 0 saturated carbocycles. The summed E-state index contributed by atoms with van der Waals surface area (Å²) in [5, 5.41) is 4.01. The highest BCUT2D eigenvalue weighted by Gasteiger charge is 2.39. The van der Waals surface area contributed by atoms with Gasteiger partial charge in [0.15, 0.2) is 0 Å². The molecule has 0 N–H and O–H groups in total. The zero-order chi connectivity index (χ0) is 14.8. The van der Waals surface area contributed by atoms with Crippen LogP contribution in [0.4, 0.5) is 0 Å². The Bertz CT molecular complexity index is 587. The molecule has 1 aromatic carbocycles. The Morgan fingerprint density at radius 3 is 2.82 bits per heavy atom. The van der Waals surface area contributed by atoms with Crippen molar-refractivity contribution in [2.24, 2.45) is 0 Å². The maximum Gasteiger partial charge on any atom is 0.124 e. The second-order valence-corrected chi connectivity index (χ2v) is 6.12. The number of morpholine rings is 1. The summed E-state index contributed by atoms with van der Waals surface area (Å²) in [6, 6.07) is 13.1. The van der Waals surface area contributed by atoms with Gasteiger partial charge in [-0.25, -0.2) is 0 Å². The van der Waals surface area contributed by atoms with E-state index in [1.54, 1.807) is 6.26 Å². The molecule has 0 spiro atoms. The number of hydrogen-bond donors (Lipinski definition) is 0. The van der Waals surface area contributed by atoms with Gasteiger partial charge in [-0.15, -0.1) is 0 Å². The highest BCUT2D eigenvalue weighted by molar-refractivity contribution is 5.15. The minimum Gasteiger partial charge on any atom is -0.374 e. The van der Waals surface area contributed by atoms with Gasteiger partial charge in [-0.3, -0.25) is 9.80 Å². The van der Waals surface area contributed by atoms with E-state index < -0.39 is 0 Å². The molecular weight excluding hydrogens is 278 g/mol. The van der Waals surface area contributed by atoms with Crippen LogP contribution in [0.25, 0.3) is 0 Å². The maximum atomic E-state index is 5.99. The molecule has 2 atom stereocenters. The van der Waals surface area contributed by atoms with Crippen LogP contribution in [-0.4, -0.2) is 53.3 Å². The fourth-order valence-corrected chi connectivity index (χ4v) is 3.53.